The number of hydrogen-bond acceptors (Lipinski definition) is 1. The van der Waals surface area contributed by atoms with Crippen LogP contribution in [0, 0.1) is 0 Å². The summed E-state index contributed by atoms with van der Waals surface area (Å²) in [5.74, 6) is 1.26. The predicted octanol–water partition coefficient (Wildman–Crippen LogP) is 1.68. The molecule has 1 heteroatoms. The van der Waals surface area contributed by atoms with Crippen LogP contribution in [0.3, 0.4) is 0 Å². The summed E-state index contributed by atoms with van der Waals surface area (Å²) in [5, 5.41) is 0. The van der Waals surface area contributed by atoms with Gasteiger partial charge < -0.3 is 0 Å². The highest BCUT2D eigenvalue weighted by atomic mass is 32.2. The highest BCUT2D eigenvalue weighted by Crippen LogP contribution is 2.21. The predicted molar refractivity (Wildman–Crippen MR) is 31.1 cm³/mol. The molecule has 1 rings (SSSR count). The van der Waals surface area contributed by atoms with Crippen molar-refractivity contribution in [2.75, 3.05) is 12.0 Å². The van der Waals surface area contributed by atoms with Crippen LogP contribution in [0.4, 0.5) is 0 Å². The van der Waals surface area contributed by atoms with Crippen LogP contribution in [0.5, 0.6) is 0 Å². The van der Waals surface area contributed by atoms with Crippen molar-refractivity contribution in [3.63, 3.8) is 0 Å². The van der Waals surface area contributed by atoms with Gasteiger partial charge in [-0.2, -0.15) is 11.8 Å². The van der Waals surface area contributed by atoms with Gasteiger partial charge in [0.05, 0.1) is 0 Å². The van der Waals surface area contributed by atoms with E-state index < -0.39 is 0 Å². The first kappa shape index (κ1) is 4.25. The molecule has 0 N–H and O–H groups in total. The van der Waals surface area contributed by atoms with E-state index in [2.05, 4.69) is 12.3 Å². The van der Waals surface area contributed by atoms with Crippen molar-refractivity contribution in [1.29, 1.82) is 0 Å². The summed E-state index contributed by atoms with van der Waals surface area (Å²) in [4.78, 5) is 0. The van der Waals surface area contributed by atoms with Gasteiger partial charge in [0.2, 0.25) is 0 Å². The van der Waals surface area contributed by atoms with Gasteiger partial charge in [0.15, 0.2) is 0 Å². The molecule has 0 amide bonds. The van der Waals surface area contributed by atoms with Gasteiger partial charge in [-0.1, -0.05) is 11.6 Å². The summed E-state index contributed by atoms with van der Waals surface area (Å²) in [6.07, 6.45) is 5.70. The Hall–Kier alpha value is 0.0900. The second-order valence-electron chi connectivity index (χ2n) is 1.50. The maximum atomic E-state index is 2.27. The average molecular weight is 100 g/mol. The van der Waals surface area contributed by atoms with E-state index in [4.69, 9.17) is 0 Å². The van der Waals surface area contributed by atoms with Crippen molar-refractivity contribution in [2.45, 2.75) is 6.42 Å². The molecule has 0 atom stereocenters. The highest BCUT2D eigenvalue weighted by molar-refractivity contribution is 7.98. The zero-order valence-electron chi connectivity index (χ0n) is 3.90. The normalized spacial score (nSPS) is 17.2. The van der Waals surface area contributed by atoms with Crippen LogP contribution in [0.1, 0.15) is 6.42 Å². The smallest absolute Gasteiger partial charge is 0.0143 e. The molecule has 0 saturated heterocycles. The maximum Gasteiger partial charge on any atom is 0.0143 e. The third-order valence-corrected chi connectivity index (χ3v) is 1.48. The molecule has 0 unspecified atom stereocenters. The monoisotopic (exact) mass is 100 g/mol. The summed E-state index contributed by atoms with van der Waals surface area (Å²) in [7, 11) is 0. The van der Waals surface area contributed by atoms with Crippen LogP contribution in [0.25, 0.3) is 0 Å². The average Bonchev–Trinajstić information content (AvgIpc) is 2.21. The van der Waals surface area contributed by atoms with Gasteiger partial charge in [-0.25, -0.2) is 0 Å². The first-order valence-electron chi connectivity index (χ1n) is 2.10. The molecular formula is C5H8S. The van der Waals surface area contributed by atoms with Crippen molar-refractivity contribution < 1.29 is 0 Å². The number of hydrogen-bond donors (Lipinski definition) is 0. The SMILES string of the molecule is CSCC1=CC1. The molecule has 0 aromatic carbocycles. The zero-order valence-corrected chi connectivity index (χ0v) is 4.72. The Kier molecular flexibility index (Phi) is 1.20. The molecule has 0 aromatic heterocycles. The summed E-state index contributed by atoms with van der Waals surface area (Å²) in [6, 6.07) is 0. The maximum absolute atomic E-state index is 2.27. The van der Waals surface area contributed by atoms with Crippen molar-refractivity contribution in [1.82, 2.24) is 0 Å². The quantitative estimate of drug-likeness (QED) is 0.476. The third kappa shape index (κ3) is 1.05. The van der Waals surface area contributed by atoms with Crippen molar-refractivity contribution >= 4 is 11.8 Å². The largest absolute Gasteiger partial charge is 0.161 e. The molecule has 34 valence electrons. The number of allylic oxidation sites excluding steroid dienone is 1. The van der Waals surface area contributed by atoms with Gasteiger partial charge >= 0.3 is 0 Å². The molecule has 0 aromatic rings. The Morgan fingerprint density at radius 1 is 2.00 bits per heavy atom. The fourth-order valence-electron chi connectivity index (χ4n) is 0.375. The number of thioether (sulfide) groups is 1. The lowest BCUT2D eigenvalue weighted by Crippen LogP contribution is -1.64. The van der Waals surface area contributed by atoms with E-state index in [9.17, 15) is 0 Å². The zero-order chi connectivity index (χ0) is 4.41. The van der Waals surface area contributed by atoms with E-state index in [1.54, 1.807) is 5.57 Å². The summed E-state index contributed by atoms with van der Waals surface area (Å²) < 4.78 is 0. The van der Waals surface area contributed by atoms with E-state index in [1.165, 1.54) is 12.2 Å². The van der Waals surface area contributed by atoms with Crippen LogP contribution in [0.2, 0.25) is 0 Å². The molecule has 1 aliphatic rings. The number of rotatable bonds is 2. The van der Waals surface area contributed by atoms with Crippen molar-refractivity contribution in [3.05, 3.63) is 11.6 Å². The second-order valence-corrected chi connectivity index (χ2v) is 2.37. The molecule has 0 heterocycles. The first-order chi connectivity index (χ1) is 2.93. The molecule has 0 nitrogen and oxygen atoms in total. The van der Waals surface area contributed by atoms with Gasteiger partial charge in [-0.15, -0.1) is 0 Å². The molecule has 0 fully saturated rings. The molecule has 0 saturated carbocycles. The lowest BCUT2D eigenvalue weighted by atomic mass is 10.6. The lowest BCUT2D eigenvalue weighted by Gasteiger charge is -1.79. The minimum atomic E-state index is 1.26. The van der Waals surface area contributed by atoms with E-state index in [-0.39, 0.29) is 0 Å². The molecule has 0 bridgehead atoms. The van der Waals surface area contributed by atoms with Gasteiger partial charge in [0.25, 0.3) is 0 Å². The van der Waals surface area contributed by atoms with E-state index in [0.717, 1.165) is 0 Å². The van der Waals surface area contributed by atoms with Gasteiger partial charge in [-0.3, -0.25) is 0 Å². The lowest BCUT2D eigenvalue weighted by molar-refractivity contribution is 1.50. The van der Waals surface area contributed by atoms with E-state index in [1.807, 2.05) is 11.8 Å². The van der Waals surface area contributed by atoms with Gasteiger partial charge in [-0.05, 0) is 12.7 Å². The summed E-state index contributed by atoms with van der Waals surface area (Å²) >= 11 is 1.90. The molecule has 1 aliphatic carbocycles. The highest BCUT2D eigenvalue weighted by Gasteiger charge is 2.03. The molecule has 0 aliphatic heterocycles. The van der Waals surface area contributed by atoms with Crippen LogP contribution >= 0.6 is 11.8 Å². The van der Waals surface area contributed by atoms with Crippen LogP contribution in [0.15, 0.2) is 11.6 Å². The van der Waals surface area contributed by atoms with Gasteiger partial charge in [0, 0.05) is 5.75 Å². The Morgan fingerprint density at radius 2 is 2.67 bits per heavy atom. The van der Waals surface area contributed by atoms with Crippen LogP contribution in [-0.4, -0.2) is 12.0 Å². The van der Waals surface area contributed by atoms with Gasteiger partial charge in [0.1, 0.15) is 0 Å². The Balaban J connectivity index is 2.02. The minimum Gasteiger partial charge on any atom is -0.161 e. The summed E-state index contributed by atoms with van der Waals surface area (Å²) in [5.41, 5.74) is 1.63. The summed E-state index contributed by atoms with van der Waals surface area (Å²) in [6.45, 7) is 0. The Bertz CT molecular complexity index is 74.0. The standard InChI is InChI=1S/C5H8S/c1-6-4-5-2-3-5/h2H,3-4H2,1H3. The Morgan fingerprint density at radius 3 is 2.83 bits per heavy atom. The Labute approximate surface area is 42.6 Å². The fourth-order valence-corrected chi connectivity index (χ4v) is 0.982. The molecule has 0 spiro atoms. The fraction of sp³-hybridized carbons (Fsp3) is 0.600. The van der Waals surface area contributed by atoms with Crippen LogP contribution in [-0.2, 0) is 0 Å². The minimum absolute atomic E-state index is 1.26. The molecule has 0 radical (unpaired) electrons. The molecular weight excluding hydrogens is 92.1 g/mol. The van der Waals surface area contributed by atoms with Crippen molar-refractivity contribution in [3.8, 4) is 0 Å². The molecule has 6 heavy (non-hydrogen) atoms. The second kappa shape index (κ2) is 1.69. The topological polar surface area (TPSA) is 0 Å². The van der Waals surface area contributed by atoms with Crippen molar-refractivity contribution in [2.24, 2.45) is 0 Å². The first-order valence-corrected chi connectivity index (χ1v) is 3.49. The van der Waals surface area contributed by atoms with E-state index >= 15 is 0 Å². The van der Waals surface area contributed by atoms with Crippen LogP contribution < -0.4 is 0 Å². The van der Waals surface area contributed by atoms with E-state index in [0.29, 0.717) is 0 Å². The third-order valence-electron chi connectivity index (χ3n) is 0.823.